The minimum absolute atomic E-state index is 0.0579. The lowest BCUT2D eigenvalue weighted by atomic mass is 10.1. The van der Waals surface area contributed by atoms with Crippen LogP contribution in [0.5, 0.6) is 0 Å². The SMILES string of the molecule is N=C1C(=Cc2ccc(-c3ccc(C(=O)O)cc3)o2)C(=O)N=C2SC(Cc3cccs3)=NN12. The van der Waals surface area contributed by atoms with Crippen molar-refractivity contribution in [1.82, 2.24) is 5.01 Å². The largest absolute Gasteiger partial charge is 0.478 e. The third-order valence-corrected chi connectivity index (χ3v) is 6.52. The second kappa shape index (κ2) is 8.06. The summed E-state index contributed by atoms with van der Waals surface area (Å²) in [5.74, 6) is -0.691. The molecule has 0 radical (unpaired) electrons. The van der Waals surface area contributed by atoms with Gasteiger partial charge in [-0.15, -0.1) is 11.3 Å². The Kier molecular flexibility index (Phi) is 5.08. The maximum Gasteiger partial charge on any atom is 0.335 e. The van der Waals surface area contributed by atoms with Crippen LogP contribution in [0.15, 0.2) is 74.0 Å². The summed E-state index contributed by atoms with van der Waals surface area (Å²) < 4.78 is 5.79. The van der Waals surface area contributed by atoms with Gasteiger partial charge in [0.1, 0.15) is 16.6 Å². The molecule has 0 bridgehead atoms. The van der Waals surface area contributed by atoms with Crippen LogP contribution in [0.3, 0.4) is 0 Å². The zero-order chi connectivity index (χ0) is 22.2. The van der Waals surface area contributed by atoms with E-state index in [0.717, 1.165) is 9.92 Å². The number of furan rings is 1. The highest BCUT2D eigenvalue weighted by atomic mass is 32.2. The monoisotopic (exact) mass is 462 g/mol. The maximum absolute atomic E-state index is 12.6. The van der Waals surface area contributed by atoms with Crippen LogP contribution < -0.4 is 0 Å². The number of rotatable bonds is 5. The van der Waals surface area contributed by atoms with Crippen LogP contribution in [0.25, 0.3) is 17.4 Å². The number of nitrogens with zero attached hydrogens (tertiary/aromatic N) is 3. The molecule has 3 aromatic rings. The number of aromatic carboxylic acids is 1. The molecular weight excluding hydrogens is 448 g/mol. The molecule has 0 saturated carbocycles. The normalized spacial score (nSPS) is 16.9. The van der Waals surface area contributed by atoms with E-state index in [0.29, 0.717) is 28.7 Å². The molecule has 4 heterocycles. The molecule has 1 aromatic carbocycles. The van der Waals surface area contributed by atoms with Crippen LogP contribution in [0.4, 0.5) is 0 Å². The van der Waals surface area contributed by atoms with E-state index in [1.807, 2.05) is 17.5 Å². The van der Waals surface area contributed by atoms with Gasteiger partial charge < -0.3 is 9.52 Å². The number of carboxylic acids is 1. The smallest absolute Gasteiger partial charge is 0.335 e. The Morgan fingerprint density at radius 3 is 2.72 bits per heavy atom. The Bertz CT molecular complexity index is 1330. The Morgan fingerprint density at radius 2 is 2.00 bits per heavy atom. The molecule has 0 atom stereocenters. The second-order valence-corrected chi connectivity index (χ2v) is 8.93. The number of aliphatic imine (C=N–C) groups is 1. The first kappa shape index (κ1) is 20.2. The number of benzene rings is 1. The van der Waals surface area contributed by atoms with Crippen molar-refractivity contribution in [1.29, 1.82) is 5.41 Å². The van der Waals surface area contributed by atoms with E-state index >= 15 is 0 Å². The van der Waals surface area contributed by atoms with Gasteiger partial charge >= 0.3 is 5.97 Å². The fraction of sp³-hybridized carbons (Fsp3) is 0.0455. The first-order valence-corrected chi connectivity index (χ1v) is 11.1. The van der Waals surface area contributed by atoms with Gasteiger partial charge in [0, 0.05) is 16.9 Å². The number of fused-ring (bicyclic) bond motifs is 1. The van der Waals surface area contributed by atoms with Crippen molar-refractivity contribution in [2.75, 3.05) is 0 Å². The van der Waals surface area contributed by atoms with Gasteiger partial charge in [0.05, 0.1) is 11.1 Å². The van der Waals surface area contributed by atoms with Gasteiger partial charge in [-0.2, -0.15) is 15.1 Å². The van der Waals surface area contributed by atoms with Crippen molar-refractivity contribution in [3.05, 3.63) is 75.7 Å². The Hall–Kier alpha value is -3.76. The molecule has 10 heteroatoms. The quantitative estimate of drug-likeness (QED) is 0.536. The molecule has 2 N–H and O–H groups in total. The van der Waals surface area contributed by atoms with E-state index in [2.05, 4.69) is 10.1 Å². The predicted octanol–water partition coefficient (Wildman–Crippen LogP) is 4.57. The standard InChI is InChI=1S/C22H14N4O4S2/c23-19-16(10-14-7-8-17(30-14)12-3-5-13(6-4-12)21(28)29)20(27)24-22-26(19)25-18(32-22)11-15-2-1-9-31-15/h1-10,23H,11H2,(H,28,29). The Balaban J connectivity index is 1.38. The van der Waals surface area contributed by atoms with Gasteiger partial charge in [-0.25, -0.2) is 4.79 Å². The molecule has 1 amide bonds. The number of hydrazone groups is 1. The van der Waals surface area contributed by atoms with Crippen molar-refractivity contribution in [2.45, 2.75) is 6.42 Å². The zero-order valence-corrected chi connectivity index (χ0v) is 17.9. The molecular formula is C22H14N4O4S2. The Labute approximate surface area is 190 Å². The maximum atomic E-state index is 12.6. The molecule has 2 aliphatic heterocycles. The molecule has 2 aromatic heterocycles. The third kappa shape index (κ3) is 3.81. The van der Waals surface area contributed by atoms with E-state index in [1.54, 1.807) is 35.6 Å². The molecule has 0 saturated heterocycles. The first-order chi connectivity index (χ1) is 15.5. The summed E-state index contributed by atoms with van der Waals surface area (Å²) >= 11 is 2.91. The molecule has 0 unspecified atom stereocenters. The number of amides is 1. The lowest BCUT2D eigenvalue weighted by Crippen LogP contribution is -2.35. The van der Waals surface area contributed by atoms with E-state index in [-0.39, 0.29) is 17.0 Å². The predicted molar refractivity (Wildman–Crippen MR) is 124 cm³/mol. The number of nitrogens with one attached hydrogen (secondary N) is 1. The van der Waals surface area contributed by atoms with Gasteiger partial charge in [0.15, 0.2) is 5.84 Å². The molecule has 2 aliphatic rings. The highest BCUT2D eigenvalue weighted by Crippen LogP contribution is 2.31. The van der Waals surface area contributed by atoms with E-state index in [1.165, 1.54) is 35.0 Å². The fourth-order valence-corrected chi connectivity index (χ4v) is 4.88. The first-order valence-electron chi connectivity index (χ1n) is 9.43. The molecule has 32 heavy (non-hydrogen) atoms. The molecule has 0 fully saturated rings. The van der Waals surface area contributed by atoms with Crippen molar-refractivity contribution >= 4 is 57.1 Å². The van der Waals surface area contributed by atoms with Gasteiger partial charge in [-0.1, -0.05) is 18.2 Å². The van der Waals surface area contributed by atoms with Crippen LogP contribution >= 0.6 is 23.1 Å². The number of hydrogen-bond donors (Lipinski definition) is 2. The summed E-state index contributed by atoms with van der Waals surface area (Å²) in [7, 11) is 0. The Morgan fingerprint density at radius 1 is 1.19 bits per heavy atom. The topological polar surface area (TPSA) is 119 Å². The number of thiophene rings is 1. The van der Waals surface area contributed by atoms with Crippen molar-refractivity contribution < 1.29 is 19.1 Å². The summed E-state index contributed by atoms with van der Waals surface area (Å²) in [6, 6.07) is 13.7. The highest BCUT2D eigenvalue weighted by Gasteiger charge is 2.35. The third-order valence-electron chi connectivity index (χ3n) is 4.73. The minimum atomic E-state index is -1.00. The molecule has 8 nitrogen and oxygen atoms in total. The summed E-state index contributed by atoms with van der Waals surface area (Å²) in [5, 5.41) is 26.5. The molecule has 158 valence electrons. The minimum Gasteiger partial charge on any atom is -0.478 e. The second-order valence-electron chi connectivity index (χ2n) is 6.85. The summed E-state index contributed by atoms with van der Waals surface area (Å²) in [4.78, 5) is 28.8. The number of carbonyl (C=O) groups is 2. The van der Waals surface area contributed by atoms with Gasteiger partial charge in [-0.05, 0) is 53.5 Å². The number of carbonyl (C=O) groups excluding carboxylic acids is 1. The number of carboxylic acid groups (broad SMARTS) is 1. The van der Waals surface area contributed by atoms with Gasteiger partial charge in [-0.3, -0.25) is 10.2 Å². The van der Waals surface area contributed by atoms with Gasteiger partial charge in [0.2, 0.25) is 5.17 Å². The molecule has 0 aliphatic carbocycles. The van der Waals surface area contributed by atoms with Crippen LogP contribution in [-0.4, -0.2) is 38.0 Å². The molecule has 5 rings (SSSR count). The van der Waals surface area contributed by atoms with Crippen molar-refractivity contribution in [3.63, 3.8) is 0 Å². The number of amidine groups is 2. The van der Waals surface area contributed by atoms with Gasteiger partial charge in [0.25, 0.3) is 5.91 Å². The van der Waals surface area contributed by atoms with E-state index < -0.39 is 11.9 Å². The van der Waals surface area contributed by atoms with Crippen LogP contribution in [-0.2, 0) is 11.2 Å². The highest BCUT2D eigenvalue weighted by molar-refractivity contribution is 8.27. The van der Waals surface area contributed by atoms with E-state index in [4.69, 9.17) is 14.9 Å². The summed E-state index contributed by atoms with van der Waals surface area (Å²) in [6.45, 7) is 0. The zero-order valence-electron chi connectivity index (χ0n) is 16.3. The fourth-order valence-electron chi connectivity index (χ4n) is 3.17. The average molecular weight is 463 g/mol. The number of thioether (sulfide) groups is 1. The lowest BCUT2D eigenvalue weighted by Gasteiger charge is -2.19. The average Bonchev–Trinajstić information content (AvgIpc) is 3.53. The van der Waals surface area contributed by atoms with Crippen LogP contribution in [0.1, 0.15) is 21.0 Å². The van der Waals surface area contributed by atoms with Crippen LogP contribution in [0.2, 0.25) is 0 Å². The lowest BCUT2D eigenvalue weighted by molar-refractivity contribution is -0.114. The van der Waals surface area contributed by atoms with Crippen molar-refractivity contribution in [3.8, 4) is 11.3 Å². The van der Waals surface area contributed by atoms with Crippen LogP contribution in [0, 0.1) is 5.41 Å². The number of hydrogen-bond acceptors (Lipinski definition) is 7. The summed E-state index contributed by atoms with van der Waals surface area (Å²) in [6.07, 6.45) is 2.10. The summed E-state index contributed by atoms with van der Waals surface area (Å²) in [5.41, 5.74) is 0.960. The molecule has 0 spiro atoms. The van der Waals surface area contributed by atoms with E-state index in [9.17, 15) is 9.59 Å². The van der Waals surface area contributed by atoms with Crippen molar-refractivity contribution in [2.24, 2.45) is 10.1 Å².